The van der Waals surface area contributed by atoms with Gasteiger partial charge in [-0.15, -0.1) is 23.1 Å². The molecule has 2 aromatic rings. The van der Waals surface area contributed by atoms with Crippen LogP contribution in [-0.2, 0) is 0 Å². The summed E-state index contributed by atoms with van der Waals surface area (Å²) in [5, 5.41) is 0. The molecular formula is C10H11NS2. The van der Waals surface area contributed by atoms with Crippen LogP contribution < -0.4 is 0 Å². The van der Waals surface area contributed by atoms with Gasteiger partial charge < -0.3 is 0 Å². The molecule has 1 aromatic carbocycles. The Balaban J connectivity index is 2.26. The molecule has 3 heteroatoms. The molecule has 1 heterocycles. The van der Waals surface area contributed by atoms with Gasteiger partial charge in [-0.1, -0.05) is 6.92 Å². The van der Waals surface area contributed by atoms with E-state index in [2.05, 4.69) is 30.1 Å². The van der Waals surface area contributed by atoms with E-state index >= 15 is 0 Å². The first-order chi connectivity index (χ1) is 6.40. The number of hydrogen-bond acceptors (Lipinski definition) is 3. The third-order valence-corrected chi connectivity index (χ3v) is 3.77. The van der Waals surface area contributed by atoms with Crippen LogP contribution in [0.25, 0.3) is 10.2 Å². The molecule has 0 radical (unpaired) electrons. The highest BCUT2D eigenvalue weighted by Crippen LogP contribution is 2.25. The van der Waals surface area contributed by atoms with Crippen LogP contribution in [0.2, 0.25) is 0 Å². The van der Waals surface area contributed by atoms with Gasteiger partial charge in [0.25, 0.3) is 0 Å². The average Bonchev–Trinajstić information content (AvgIpc) is 2.61. The van der Waals surface area contributed by atoms with Gasteiger partial charge in [-0.05, 0) is 30.4 Å². The zero-order valence-electron chi connectivity index (χ0n) is 7.49. The second-order valence-corrected chi connectivity index (χ2v) is 4.89. The molecule has 0 spiro atoms. The van der Waals surface area contributed by atoms with Crippen LogP contribution >= 0.6 is 23.1 Å². The molecule has 0 aliphatic rings. The number of thiazole rings is 1. The predicted octanol–water partition coefficient (Wildman–Crippen LogP) is 3.80. The zero-order chi connectivity index (χ0) is 9.10. The van der Waals surface area contributed by atoms with E-state index < -0.39 is 0 Å². The molecule has 68 valence electrons. The molecule has 0 N–H and O–H groups in total. The van der Waals surface area contributed by atoms with Crippen LogP contribution in [0.3, 0.4) is 0 Å². The van der Waals surface area contributed by atoms with Crippen molar-refractivity contribution in [3.63, 3.8) is 0 Å². The number of aromatic nitrogens is 1. The Morgan fingerprint density at radius 1 is 1.46 bits per heavy atom. The van der Waals surface area contributed by atoms with Crippen LogP contribution in [0.5, 0.6) is 0 Å². The molecule has 0 aliphatic heterocycles. The largest absolute Gasteiger partial charge is 0.245 e. The highest BCUT2D eigenvalue weighted by atomic mass is 32.2. The fourth-order valence-electron chi connectivity index (χ4n) is 1.15. The molecule has 0 atom stereocenters. The van der Waals surface area contributed by atoms with Gasteiger partial charge in [0, 0.05) is 4.90 Å². The molecule has 0 saturated heterocycles. The minimum Gasteiger partial charge on any atom is -0.245 e. The minimum absolute atomic E-state index is 1.12. The smallest absolute Gasteiger partial charge is 0.0812 e. The first-order valence-corrected chi connectivity index (χ1v) is 6.22. The number of thioether (sulfide) groups is 1. The predicted molar refractivity (Wildman–Crippen MR) is 60.6 cm³/mol. The highest BCUT2D eigenvalue weighted by molar-refractivity contribution is 7.99. The SMILES string of the molecule is CCCSc1ccc2ncsc2c1. The van der Waals surface area contributed by atoms with Crippen molar-refractivity contribution >= 4 is 33.3 Å². The van der Waals surface area contributed by atoms with Crippen molar-refractivity contribution in [1.29, 1.82) is 0 Å². The molecule has 1 nitrogen and oxygen atoms in total. The van der Waals surface area contributed by atoms with Gasteiger partial charge in [-0.2, -0.15) is 0 Å². The Hall–Kier alpha value is -0.540. The van der Waals surface area contributed by atoms with E-state index in [4.69, 9.17) is 0 Å². The summed E-state index contributed by atoms with van der Waals surface area (Å²) >= 11 is 3.63. The molecule has 0 bridgehead atoms. The van der Waals surface area contributed by atoms with Crippen molar-refractivity contribution in [3.8, 4) is 0 Å². The lowest BCUT2D eigenvalue weighted by Gasteiger charge is -1.98. The second kappa shape index (κ2) is 4.11. The monoisotopic (exact) mass is 209 g/mol. The van der Waals surface area contributed by atoms with E-state index in [1.807, 2.05) is 17.3 Å². The summed E-state index contributed by atoms with van der Waals surface area (Å²) in [7, 11) is 0. The Morgan fingerprint density at radius 2 is 2.38 bits per heavy atom. The lowest BCUT2D eigenvalue weighted by atomic mass is 10.3. The van der Waals surface area contributed by atoms with Crippen LogP contribution in [0.4, 0.5) is 0 Å². The molecule has 0 saturated carbocycles. The topological polar surface area (TPSA) is 12.9 Å². The van der Waals surface area contributed by atoms with Crippen molar-refractivity contribution in [2.75, 3.05) is 5.75 Å². The van der Waals surface area contributed by atoms with Gasteiger partial charge in [-0.25, -0.2) is 4.98 Å². The molecule has 13 heavy (non-hydrogen) atoms. The quantitative estimate of drug-likeness (QED) is 0.713. The fraction of sp³-hybridized carbons (Fsp3) is 0.300. The summed E-state index contributed by atoms with van der Waals surface area (Å²) < 4.78 is 1.29. The molecule has 0 aliphatic carbocycles. The first-order valence-electron chi connectivity index (χ1n) is 4.36. The van der Waals surface area contributed by atoms with Crippen LogP contribution in [0.15, 0.2) is 28.6 Å². The maximum atomic E-state index is 4.25. The molecule has 0 fully saturated rings. The van der Waals surface area contributed by atoms with Gasteiger partial charge in [0.1, 0.15) is 0 Å². The van der Waals surface area contributed by atoms with Crippen molar-refractivity contribution in [3.05, 3.63) is 23.7 Å². The summed E-state index contributed by atoms with van der Waals surface area (Å²) in [6.45, 7) is 2.21. The van der Waals surface area contributed by atoms with Gasteiger partial charge in [-0.3, -0.25) is 0 Å². The van der Waals surface area contributed by atoms with E-state index in [0.717, 1.165) is 5.52 Å². The Kier molecular flexibility index (Phi) is 2.86. The summed E-state index contributed by atoms with van der Waals surface area (Å²) in [6, 6.07) is 6.49. The van der Waals surface area contributed by atoms with E-state index in [0.29, 0.717) is 0 Å². The Morgan fingerprint density at radius 3 is 3.23 bits per heavy atom. The van der Waals surface area contributed by atoms with E-state index in [9.17, 15) is 0 Å². The van der Waals surface area contributed by atoms with Gasteiger partial charge in [0.15, 0.2) is 0 Å². The van der Waals surface area contributed by atoms with Crippen molar-refractivity contribution in [2.45, 2.75) is 18.2 Å². The summed E-state index contributed by atoms with van der Waals surface area (Å²) in [5.41, 5.74) is 3.02. The molecule has 0 unspecified atom stereocenters. The third-order valence-electron chi connectivity index (χ3n) is 1.78. The molecule has 0 amide bonds. The third kappa shape index (κ3) is 2.03. The molecular weight excluding hydrogens is 198 g/mol. The van der Waals surface area contributed by atoms with E-state index in [-0.39, 0.29) is 0 Å². The van der Waals surface area contributed by atoms with E-state index in [1.54, 1.807) is 11.3 Å². The number of nitrogens with zero attached hydrogens (tertiary/aromatic N) is 1. The Labute approximate surface area is 86.2 Å². The number of fused-ring (bicyclic) bond motifs is 1. The van der Waals surface area contributed by atoms with Crippen LogP contribution in [0, 0.1) is 0 Å². The van der Waals surface area contributed by atoms with Gasteiger partial charge in [0.05, 0.1) is 15.7 Å². The maximum Gasteiger partial charge on any atom is 0.0812 e. The average molecular weight is 209 g/mol. The normalized spacial score (nSPS) is 10.8. The molecule has 1 aromatic heterocycles. The number of hydrogen-bond donors (Lipinski definition) is 0. The lowest BCUT2D eigenvalue weighted by molar-refractivity contribution is 1.10. The zero-order valence-corrected chi connectivity index (χ0v) is 9.12. The second-order valence-electron chi connectivity index (χ2n) is 2.83. The maximum absolute atomic E-state index is 4.25. The minimum atomic E-state index is 1.12. The van der Waals surface area contributed by atoms with Crippen molar-refractivity contribution < 1.29 is 0 Å². The highest BCUT2D eigenvalue weighted by Gasteiger charge is 1.98. The standard InChI is InChI=1S/C10H11NS2/c1-2-5-12-8-3-4-9-10(6-8)13-7-11-9/h3-4,6-7H,2,5H2,1H3. The summed E-state index contributed by atoms with van der Waals surface area (Å²) in [6.07, 6.45) is 1.23. The van der Waals surface area contributed by atoms with E-state index in [1.165, 1.54) is 21.8 Å². The van der Waals surface area contributed by atoms with Crippen molar-refractivity contribution in [2.24, 2.45) is 0 Å². The fourth-order valence-corrected chi connectivity index (χ4v) is 2.74. The number of benzene rings is 1. The first kappa shape index (κ1) is 9.03. The number of rotatable bonds is 3. The Bertz CT molecular complexity index is 394. The van der Waals surface area contributed by atoms with Crippen LogP contribution in [0.1, 0.15) is 13.3 Å². The summed E-state index contributed by atoms with van der Waals surface area (Å²) in [5.74, 6) is 1.20. The lowest BCUT2D eigenvalue weighted by Crippen LogP contribution is -1.75. The van der Waals surface area contributed by atoms with Gasteiger partial charge >= 0.3 is 0 Å². The van der Waals surface area contributed by atoms with Crippen LogP contribution in [-0.4, -0.2) is 10.7 Å². The van der Waals surface area contributed by atoms with Crippen molar-refractivity contribution in [1.82, 2.24) is 4.98 Å². The van der Waals surface area contributed by atoms with Gasteiger partial charge in [0.2, 0.25) is 0 Å². The molecule has 2 rings (SSSR count). The summed E-state index contributed by atoms with van der Waals surface area (Å²) in [4.78, 5) is 5.61.